The Balaban J connectivity index is 2.07. The Morgan fingerprint density at radius 3 is 2.88 bits per heavy atom. The lowest BCUT2D eigenvalue weighted by molar-refractivity contribution is -0.0700. The number of hydrogen-bond donors (Lipinski definition) is 2. The molecule has 0 amide bonds. The molecule has 0 atom stereocenters. The summed E-state index contributed by atoms with van der Waals surface area (Å²) in [4.78, 5) is 13.7. The molecule has 0 unspecified atom stereocenters. The molecule has 2 aromatic rings. The van der Waals surface area contributed by atoms with Crippen LogP contribution in [0, 0.1) is 0 Å². The van der Waals surface area contributed by atoms with Crippen molar-refractivity contribution in [2.45, 2.75) is 11.8 Å². The first-order valence-corrected chi connectivity index (χ1v) is 5.55. The molecule has 2 N–H and O–H groups in total. The first kappa shape index (κ1) is 10.6. The highest BCUT2D eigenvalue weighted by Gasteiger charge is 2.39. The summed E-state index contributed by atoms with van der Waals surface area (Å²) in [5.41, 5.74) is 2.17. The van der Waals surface area contributed by atoms with Crippen molar-refractivity contribution in [3.63, 3.8) is 0 Å². The second-order valence-electron chi connectivity index (χ2n) is 4.47. The van der Waals surface area contributed by atoms with Gasteiger partial charge in [-0.05, 0) is 24.1 Å². The van der Waals surface area contributed by atoms with Crippen LogP contribution in [0.15, 0.2) is 27.4 Å². The fraction of sp³-hybridized carbons (Fsp3) is 0.417. The van der Waals surface area contributed by atoms with Gasteiger partial charge in [-0.1, -0.05) is 6.07 Å². The molecule has 1 aromatic heterocycles. The van der Waals surface area contributed by atoms with Crippen LogP contribution in [0.4, 0.5) is 0 Å². The third kappa shape index (κ3) is 1.59. The summed E-state index contributed by atoms with van der Waals surface area (Å²) < 4.78 is 10.3. The number of ether oxygens (including phenoxy) is 1. The molecule has 0 saturated carbocycles. The van der Waals surface area contributed by atoms with Crippen LogP contribution >= 0.6 is 0 Å². The van der Waals surface area contributed by atoms with Gasteiger partial charge in [0.25, 0.3) is 0 Å². The van der Waals surface area contributed by atoms with Crippen LogP contribution in [-0.4, -0.2) is 29.9 Å². The first-order valence-electron chi connectivity index (χ1n) is 5.55. The SMILES string of the molecule is O=c1[nH]c2ccc(C3(CCO)COC3)cc2o1. The molecule has 5 heteroatoms. The smallest absolute Gasteiger partial charge is 0.408 e. The van der Waals surface area contributed by atoms with E-state index in [-0.39, 0.29) is 12.0 Å². The molecule has 1 aliphatic heterocycles. The van der Waals surface area contributed by atoms with E-state index >= 15 is 0 Å². The predicted octanol–water partition coefficient (Wildman–Crippen LogP) is 0.771. The normalized spacial score (nSPS) is 18.2. The van der Waals surface area contributed by atoms with Crippen LogP contribution in [0.25, 0.3) is 11.1 Å². The highest BCUT2D eigenvalue weighted by molar-refractivity contribution is 5.73. The van der Waals surface area contributed by atoms with Gasteiger partial charge >= 0.3 is 5.76 Å². The molecular formula is C12H13NO4. The minimum absolute atomic E-state index is 0.123. The fourth-order valence-corrected chi connectivity index (χ4v) is 2.29. The number of oxazole rings is 1. The second-order valence-corrected chi connectivity index (χ2v) is 4.47. The van der Waals surface area contributed by atoms with Gasteiger partial charge in [-0.3, -0.25) is 4.98 Å². The van der Waals surface area contributed by atoms with Crippen molar-refractivity contribution in [2.24, 2.45) is 0 Å². The van der Waals surface area contributed by atoms with E-state index in [4.69, 9.17) is 14.3 Å². The van der Waals surface area contributed by atoms with E-state index in [0.717, 1.165) is 5.56 Å². The maximum atomic E-state index is 11.1. The molecule has 1 fully saturated rings. The molecule has 1 aliphatic rings. The average Bonchev–Trinajstić information content (AvgIpc) is 2.62. The summed E-state index contributed by atoms with van der Waals surface area (Å²) in [6, 6.07) is 5.63. The monoisotopic (exact) mass is 235 g/mol. The van der Waals surface area contributed by atoms with Gasteiger partial charge in [-0.2, -0.15) is 0 Å². The van der Waals surface area contributed by atoms with E-state index in [1.165, 1.54) is 0 Å². The maximum Gasteiger partial charge on any atom is 0.417 e. The van der Waals surface area contributed by atoms with Gasteiger partial charge in [0.2, 0.25) is 0 Å². The van der Waals surface area contributed by atoms with Gasteiger partial charge in [-0.25, -0.2) is 4.79 Å². The van der Waals surface area contributed by atoms with Gasteiger partial charge in [-0.15, -0.1) is 0 Å². The average molecular weight is 235 g/mol. The molecule has 2 heterocycles. The predicted molar refractivity (Wildman–Crippen MR) is 61.0 cm³/mol. The van der Waals surface area contributed by atoms with Gasteiger partial charge in [0.15, 0.2) is 5.58 Å². The van der Waals surface area contributed by atoms with E-state index in [2.05, 4.69) is 4.98 Å². The summed E-state index contributed by atoms with van der Waals surface area (Å²) in [5.74, 6) is -0.446. The Labute approximate surface area is 97.0 Å². The minimum atomic E-state index is -0.446. The van der Waals surface area contributed by atoms with Crippen molar-refractivity contribution in [1.29, 1.82) is 0 Å². The van der Waals surface area contributed by atoms with Gasteiger partial charge in [0.1, 0.15) is 0 Å². The molecule has 5 nitrogen and oxygen atoms in total. The minimum Gasteiger partial charge on any atom is -0.408 e. The van der Waals surface area contributed by atoms with Crippen molar-refractivity contribution in [1.82, 2.24) is 4.98 Å². The highest BCUT2D eigenvalue weighted by atomic mass is 16.5. The maximum absolute atomic E-state index is 11.1. The standard InChI is InChI=1S/C12H13NO4/c14-4-3-12(6-16-7-12)8-1-2-9-10(5-8)17-11(15)13-9/h1-2,5,14H,3-4,6-7H2,(H,13,15). The number of aliphatic hydroxyl groups excluding tert-OH is 1. The van der Waals surface area contributed by atoms with E-state index in [9.17, 15) is 4.79 Å². The zero-order chi connectivity index (χ0) is 11.9. The third-order valence-corrected chi connectivity index (χ3v) is 3.38. The lowest BCUT2D eigenvalue weighted by atomic mass is 9.76. The van der Waals surface area contributed by atoms with Crippen molar-refractivity contribution in [3.8, 4) is 0 Å². The molecule has 3 rings (SSSR count). The van der Waals surface area contributed by atoms with E-state index in [1.807, 2.05) is 18.2 Å². The molecule has 0 bridgehead atoms. The lowest BCUT2D eigenvalue weighted by Gasteiger charge is -2.41. The fourth-order valence-electron chi connectivity index (χ4n) is 2.29. The number of hydrogen-bond acceptors (Lipinski definition) is 4. The Morgan fingerprint density at radius 1 is 1.41 bits per heavy atom. The molecule has 90 valence electrons. The number of fused-ring (bicyclic) bond motifs is 1. The number of aromatic amines is 1. The van der Waals surface area contributed by atoms with Crippen LogP contribution in [0.1, 0.15) is 12.0 Å². The molecule has 0 radical (unpaired) electrons. The Hall–Kier alpha value is -1.59. The summed E-state index contributed by atoms with van der Waals surface area (Å²) in [5, 5.41) is 9.11. The number of benzene rings is 1. The van der Waals surface area contributed by atoms with Gasteiger partial charge in [0.05, 0.1) is 18.7 Å². The van der Waals surface area contributed by atoms with Crippen molar-refractivity contribution in [3.05, 3.63) is 34.3 Å². The number of H-pyrrole nitrogens is 1. The summed E-state index contributed by atoms with van der Waals surface area (Å²) in [7, 11) is 0. The first-order chi connectivity index (χ1) is 8.23. The van der Waals surface area contributed by atoms with Gasteiger partial charge < -0.3 is 14.3 Å². The van der Waals surface area contributed by atoms with E-state index in [1.54, 1.807) is 0 Å². The van der Waals surface area contributed by atoms with Gasteiger partial charge in [0, 0.05) is 12.0 Å². The summed E-state index contributed by atoms with van der Waals surface area (Å²) in [6.07, 6.45) is 0.660. The lowest BCUT2D eigenvalue weighted by Crippen LogP contribution is -2.47. The quantitative estimate of drug-likeness (QED) is 0.824. The highest BCUT2D eigenvalue weighted by Crippen LogP contribution is 2.36. The number of nitrogens with one attached hydrogen (secondary N) is 1. The topological polar surface area (TPSA) is 75.5 Å². The van der Waals surface area contributed by atoms with Crippen LogP contribution in [-0.2, 0) is 10.2 Å². The van der Waals surface area contributed by atoms with Crippen molar-refractivity contribution >= 4 is 11.1 Å². The summed E-state index contributed by atoms with van der Waals surface area (Å²) >= 11 is 0. The molecule has 17 heavy (non-hydrogen) atoms. The molecule has 0 aliphatic carbocycles. The Morgan fingerprint density at radius 2 is 2.24 bits per heavy atom. The van der Waals surface area contributed by atoms with E-state index < -0.39 is 5.76 Å². The number of aromatic nitrogens is 1. The van der Waals surface area contributed by atoms with Crippen LogP contribution in [0.5, 0.6) is 0 Å². The third-order valence-electron chi connectivity index (χ3n) is 3.38. The Bertz CT molecular complexity index is 594. The van der Waals surface area contributed by atoms with Crippen LogP contribution < -0.4 is 5.76 Å². The van der Waals surface area contributed by atoms with Crippen molar-refractivity contribution in [2.75, 3.05) is 19.8 Å². The second kappa shape index (κ2) is 3.72. The molecule has 1 saturated heterocycles. The zero-order valence-corrected chi connectivity index (χ0v) is 9.23. The van der Waals surface area contributed by atoms with Crippen LogP contribution in [0.3, 0.4) is 0 Å². The van der Waals surface area contributed by atoms with Crippen LogP contribution in [0.2, 0.25) is 0 Å². The van der Waals surface area contributed by atoms with Crippen molar-refractivity contribution < 1.29 is 14.3 Å². The summed E-state index contributed by atoms with van der Waals surface area (Å²) in [6.45, 7) is 1.33. The van der Waals surface area contributed by atoms with E-state index in [0.29, 0.717) is 30.7 Å². The number of rotatable bonds is 3. The largest absolute Gasteiger partial charge is 0.417 e. The Kier molecular flexibility index (Phi) is 2.31. The molecule has 0 spiro atoms. The molecular weight excluding hydrogens is 222 g/mol. The molecule has 1 aromatic carbocycles. The number of aliphatic hydroxyl groups is 1. The zero-order valence-electron chi connectivity index (χ0n) is 9.23.